The van der Waals surface area contributed by atoms with Crippen LogP contribution in [0.2, 0.25) is 0 Å². The van der Waals surface area contributed by atoms with E-state index in [1.54, 1.807) is 11.8 Å². The second-order valence-corrected chi connectivity index (χ2v) is 11.6. The quantitative estimate of drug-likeness (QED) is 0.312. The fourth-order valence-electron chi connectivity index (χ4n) is 5.77. The summed E-state index contributed by atoms with van der Waals surface area (Å²) in [6.07, 6.45) is -3.21. The van der Waals surface area contributed by atoms with Crippen molar-refractivity contribution in [2.75, 3.05) is 4.90 Å². The zero-order valence-electron chi connectivity index (χ0n) is 23.1. The molecule has 0 fully saturated rings. The molecule has 2 aliphatic rings. The molecule has 0 bridgehead atoms. The largest absolute Gasteiger partial charge is 0.416 e. The van der Waals surface area contributed by atoms with E-state index >= 15 is 0 Å². The highest BCUT2D eigenvalue weighted by Crippen LogP contribution is 2.48. The minimum absolute atomic E-state index is 0.0566. The number of hydrogen-bond acceptors (Lipinski definition) is 5. The van der Waals surface area contributed by atoms with Crippen LogP contribution in [0.1, 0.15) is 58.6 Å². The number of carbonyl (C=O) groups excluding carboxylic acids is 1. The lowest BCUT2D eigenvalue weighted by atomic mass is 9.74. The standard InChI is InChI=1S/C33H30F3N3OS/c1-19-8-4-5-13-29(19)41-18-22-15-25(21(3)14-20(22)2)30-26(17-37)32(38)39(27-11-7-12-28(40)31(27)30)24-10-6-9-23(16-24)33(34,35)36/h4-6,8-10,13-16,30H,7,11-12,18,38H2,1-3H3. The van der Waals surface area contributed by atoms with E-state index in [4.69, 9.17) is 5.73 Å². The number of nitrogens with zero attached hydrogens (tertiary/aromatic N) is 2. The lowest BCUT2D eigenvalue weighted by molar-refractivity contribution is -0.137. The highest BCUT2D eigenvalue weighted by molar-refractivity contribution is 7.98. The fourth-order valence-corrected chi connectivity index (χ4v) is 6.86. The number of aryl methyl sites for hydroxylation is 3. The van der Waals surface area contributed by atoms with Crippen LogP contribution in [0.25, 0.3) is 0 Å². The van der Waals surface area contributed by atoms with Crippen LogP contribution in [0.3, 0.4) is 0 Å². The molecule has 1 aliphatic heterocycles. The van der Waals surface area contributed by atoms with E-state index in [1.807, 2.05) is 26.0 Å². The minimum Gasteiger partial charge on any atom is -0.384 e. The Balaban J connectivity index is 1.64. The van der Waals surface area contributed by atoms with Crippen LogP contribution < -0.4 is 10.6 Å². The van der Waals surface area contributed by atoms with Gasteiger partial charge in [-0.2, -0.15) is 18.4 Å². The molecular weight excluding hydrogens is 543 g/mol. The summed E-state index contributed by atoms with van der Waals surface area (Å²) in [6.45, 7) is 6.08. The summed E-state index contributed by atoms with van der Waals surface area (Å²) in [6, 6.07) is 19.4. The van der Waals surface area contributed by atoms with Gasteiger partial charge in [-0.1, -0.05) is 36.4 Å². The van der Waals surface area contributed by atoms with Gasteiger partial charge in [0.2, 0.25) is 0 Å². The number of anilines is 1. The van der Waals surface area contributed by atoms with Gasteiger partial charge in [-0.25, -0.2) is 0 Å². The zero-order chi connectivity index (χ0) is 29.5. The van der Waals surface area contributed by atoms with Gasteiger partial charge in [-0.05, 0) is 85.7 Å². The van der Waals surface area contributed by atoms with Crippen LogP contribution >= 0.6 is 11.8 Å². The predicted octanol–water partition coefficient (Wildman–Crippen LogP) is 8.23. The topological polar surface area (TPSA) is 70.1 Å². The maximum atomic E-state index is 13.6. The molecule has 1 heterocycles. The van der Waals surface area contributed by atoms with E-state index in [9.17, 15) is 23.2 Å². The molecule has 0 saturated heterocycles. The molecule has 41 heavy (non-hydrogen) atoms. The average Bonchev–Trinajstić information content (AvgIpc) is 2.93. The molecule has 3 aromatic carbocycles. The molecule has 2 N–H and O–H groups in total. The van der Waals surface area contributed by atoms with Crippen molar-refractivity contribution in [2.45, 2.75) is 62.8 Å². The summed E-state index contributed by atoms with van der Waals surface area (Å²) >= 11 is 1.73. The number of ketones is 1. The van der Waals surface area contributed by atoms with E-state index in [-0.39, 0.29) is 22.9 Å². The van der Waals surface area contributed by atoms with Crippen molar-refractivity contribution < 1.29 is 18.0 Å². The Hall–Kier alpha value is -3.96. The third-order valence-electron chi connectivity index (χ3n) is 7.86. The number of hydrogen-bond donors (Lipinski definition) is 1. The Morgan fingerprint density at radius 3 is 2.46 bits per heavy atom. The first-order valence-corrected chi connectivity index (χ1v) is 14.4. The van der Waals surface area contributed by atoms with Crippen LogP contribution in [0.4, 0.5) is 18.9 Å². The van der Waals surface area contributed by atoms with Gasteiger partial charge in [-0.3, -0.25) is 9.69 Å². The van der Waals surface area contributed by atoms with Crippen LogP contribution in [0, 0.1) is 32.1 Å². The number of halogens is 3. The number of rotatable bonds is 5. The molecule has 4 nitrogen and oxygen atoms in total. The summed E-state index contributed by atoms with van der Waals surface area (Å²) in [5, 5.41) is 10.4. The number of nitriles is 1. The van der Waals surface area contributed by atoms with Gasteiger partial charge in [0.25, 0.3) is 0 Å². The molecule has 0 spiro atoms. The van der Waals surface area contributed by atoms with E-state index in [2.05, 4.69) is 37.3 Å². The second kappa shape index (κ2) is 11.1. The maximum Gasteiger partial charge on any atom is 0.416 e. The molecule has 3 aromatic rings. The molecule has 210 valence electrons. The van der Waals surface area contributed by atoms with Crippen molar-refractivity contribution in [2.24, 2.45) is 5.73 Å². The summed E-state index contributed by atoms with van der Waals surface area (Å²) in [7, 11) is 0. The first-order valence-electron chi connectivity index (χ1n) is 13.4. The number of alkyl halides is 3. The van der Waals surface area contributed by atoms with Crippen molar-refractivity contribution in [3.63, 3.8) is 0 Å². The van der Waals surface area contributed by atoms with Crippen LogP contribution in [0.15, 0.2) is 88.2 Å². The number of nitrogens with two attached hydrogens (primary N) is 1. The molecular formula is C33H30F3N3OS. The SMILES string of the molecule is Cc1cc(C)c(C2C(C#N)=C(N)N(c3cccc(C(F)(F)F)c3)C3=C2C(=O)CCC3)cc1CSc1ccccc1C. The normalized spacial score (nSPS) is 17.5. The number of Topliss-reactive ketones (excluding diaryl/α,β-unsaturated/α-hetero) is 1. The minimum atomic E-state index is -4.55. The molecule has 1 unspecified atom stereocenters. The molecule has 8 heteroatoms. The molecule has 1 aliphatic carbocycles. The first-order chi connectivity index (χ1) is 19.5. The summed E-state index contributed by atoms with van der Waals surface area (Å²) < 4.78 is 40.7. The molecule has 1 atom stereocenters. The fraction of sp³-hybridized carbons (Fsp3) is 0.273. The van der Waals surface area contributed by atoms with E-state index in [1.165, 1.54) is 27.5 Å². The van der Waals surface area contributed by atoms with Crippen molar-refractivity contribution in [3.05, 3.63) is 117 Å². The van der Waals surface area contributed by atoms with Gasteiger partial charge in [0.05, 0.1) is 23.1 Å². The van der Waals surface area contributed by atoms with Gasteiger partial charge in [0.15, 0.2) is 5.78 Å². The zero-order valence-corrected chi connectivity index (χ0v) is 23.9. The van der Waals surface area contributed by atoms with Gasteiger partial charge in [0, 0.05) is 34.0 Å². The van der Waals surface area contributed by atoms with Crippen LogP contribution in [-0.4, -0.2) is 5.78 Å². The average molecular weight is 574 g/mol. The lowest BCUT2D eigenvalue weighted by Crippen LogP contribution is -2.39. The van der Waals surface area contributed by atoms with Crippen LogP contribution in [0.5, 0.6) is 0 Å². The summed E-state index contributed by atoms with van der Waals surface area (Å²) in [5.41, 5.74) is 12.3. The molecule has 0 aromatic heterocycles. The Labute approximate surface area is 242 Å². The Kier molecular flexibility index (Phi) is 7.76. The predicted molar refractivity (Wildman–Crippen MR) is 156 cm³/mol. The molecule has 0 amide bonds. The highest BCUT2D eigenvalue weighted by atomic mass is 32.2. The van der Waals surface area contributed by atoms with E-state index in [0.717, 1.165) is 34.4 Å². The lowest BCUT2D eigenvalue weighted by Gasteiger charge is -2.40. The third-order valence-corrected chi connectivity index (χ3v) is 9.08. The smallest absolute Gasteiger partial charge is 0.384 e. The Bertz CT molecular complexity index is 1650. The van der Waals surface area contributed by atoms with Crippen molar-refractivity contribution >= 4 is 23.2 Å². The molecule has 5 rings (SSSR count). The second-order valence-electron chi connectivity index (χ2n) is 10.6. The Morgan fingerprint density at radius 2 is 1.76 bits per heavy atom. The van der Waals surface area contributed by atoms with Gasteiger partial charge in [-0.15, -0.1) is 11.8 Å². The van der Waals surface area contributed by atoms with Gasteiger partial charge in [0.1, 0.15) is 5.82 Å². The van der Waals surface area contributed by atoms with E-state index in [0.29, 0.717) is 36.3 Å². The summed E-state index contributed by atoms with van der Waals surface area (Å²) in [5.74, 6) is -0.0356. The molecule has 0 saturated carbocycles. The van der Waals surface area contributed by atoms with Gasteiger partial charge < -0.3 is 5.73 Å². The number of thioether (sulfide) groups is 1. The Morgan fingerprint density at radius 1 is 1.00 bits per heavy atom. The van der Waals surface area contributed by atoms with Crippen LogP contribution in [-0.2, 0) is 16.7 Å². The molecule has 0 radical (unpaired) electrons. The van der Waals surface area contributed by atoms with E-state index < -0.39 is 17.7 Å². The van der Waals surface area contributed by atoms with Crippen molar-refractivity contribution in [1.29, 1.82) is 5.26 Å². The monoisotopic (exact) mass is 573 g/mol. The maximum absolute atomic E-state index is 13.6. The van der Waals surface area contributed by atoms with Crippen molar-refractivity contribution in [3.8, 4) is 6.07 Å². The number of allylic oxidation sites excluding steroid dienone is 3. The van der Waals surface area contributed by atoms with Gasteiger partial charge >= 0.3 is 6.18 Å². The van der Waals surface area contributed by atoms with Crippen molar-refractivity contribution in [1.82, 2.24) is 0 Å². The number of carbonyl (C=O) groups is 1. The summed E-state index contributed by atoms with van der Waals surface area (Å²) in [4.78, 5) is 16.2. The first kappa shape index (κ1) is 28.6. The third kappa shape index (κ3) is 5.39. The highest BCUT2D eigenvalue weighted by Gasteiger charge is 2.41. The number of benzene rings is 3.